The highest BCUT2D eigenvalue weighted by atomic mass is 32.2. The average molecular weight is 275 g/mol. The van der Waals surface area contributed by atoms with E-state index in [-0.39, 0.29) is 5.41 Å². The number of aromatic nitrogens is 3. The summed E-state index contributed by atoms with van der Waals surface area (Å²) in [5.41, 5.74) is 2.15. The smallest absolute Gasteiger partial charge is 0.160 e. The summed E-state index contributed by atoms with van der Waals surface area (Å²) in [6.07, 6.45) is 4.34. The van der Waals surface area contributed by atoms with Crippen LogP contribution in [-0.2, 0) is 5.41 Å². The Kier molecular flexibility index (Phi) is 3.29. The molecule has 3 heterocycles. The third-order valence-electron chi connectivity index (χ3n) is 3.68. The van der Waals surface area contributed by atoms with Crippen LogP contribution in [0.3, 0.4) is 0 Å². The van der Waals surface area contributed by atoms with Gasteiger partial charge in [-0.15, -0.1) is 0 Å². The molecule has 0 aromatic carbocycles. The van der Waals surface area contributed by atoms with E-state index in [2.05, 4.69) is 48.2 Å². The van der Waals surface area contributed by atoms with E-state index in [9.17, 15) is 0 Å². The average Bonchev–Trinajstić information content (AvgIpc) is 2.79. The summed E-state index contributed by atoms with van der Waals surface area (Å²) in [4.78, 5) is 9.44. The molecule has 0 aliphatic carbocycles. The summed E-state index contributed by atoms with van der Waals surface area (Å²) in [5, 5.41) is 0. The number of fused-ring (bicyclic) bond motifs is 1. The van der Waals surface area contributed by atoms with Crippen molar-refractivity contribution in [3.05, 3.63) is 24.2 Å². The first kappa shape index (κ1) is 13.0. The molecule has 1 fully saturated rings. The van der Waals surface area contributed by atoms with E-state index in [4.69, 9.17) is 4.98 Å². The zero-order chi connectivity index (χ0) is 13.5. The molecule has 0 atom stereocenters. The quantitative estimate of drug-likeness (QED) is 0.793. The van der Waals surface area contributed by atoms with Gasteiger partial charge in [0.05, 0.1) is 0 Å². The van der Waals surface area contributed by atoms with E-state index in [1.165, 1.54) is 30.2 Å². The van der Waals surface area contributed by atoms with Crippen LogP contribution in [0.5, 0.6) is 0 Å². The molecule has 0 unspecified atom stereocenters. The maximum Gasteiger partial charge on any atom is 0.160 e. The van der Waals surface area contributed by atoms with Crippen LogP contribution in [0.15, 0.2) is 18.3 Å². The lowest BCUT2D eigenvalue weighted by Gasteiger charge is -2.28. The van der Waals surface area contributed by atoms with Crippen LogP contribution in [0, 0.1) is 0 Å². The molecule has 4 heteroatoms. The van der Waals surface area contributed by atoms with Crippen molar-refractivity contribution in [2.24, 2.45) is 0 Å². The van der Waals surface area contributed by atoms with Crippen molar-refractivity contribution >= 4 is 22.9 Å². The van der Waals surface area contributed by atoms with Gasteiger partial charge in [-0.2, -0.15) is 11.8 Å². The molecule has 0 saturated carbocycles. The third kappa shape index (κ3) is 2.38. The molecule has 3 nitrogen and oxygen atoms in total. The van der Waals surface area contributed by atoms with Crippen LogP contribution in [0.2, 0.25) is 0 Å². The summed E-state index contributed by atoms with van der Waals surface area (Å²) in [6.45, 7) is 6.72. The van der Waals surface area contributed by atoms with Crippen molar-refractivity contribution in [1.82, 2.24) is 14.5 Å². The number of hydrogen-bond acceptors (Lipinski definition) is 3. The first-order valence-electron chi connectivity index (χ1n) is 6.98. The molecule has 1 aliphatic rings. The third-order valence-corrected chi connectivity index (χ3v) is 4.72. The number of imidazole rings is 1. The molecule has 0 bridgehead atoms. The van der Waals surface area contributed by atoms with Crippen LogP contribution in [0.25, 0.3) is 11.2 Å². The predicted molar refractivity (Wildman–Crippen MR) is 81.8 cm³/mol. The van der Waals surface area contributed by atoms with E-state index in [1.54, 1.807) is 0 Å². The highest BCUT2D eigenvalue weighted by Crippen LogP contribution is 2.34. The Balaban J connectivity index is 2.18. The lowest BCUT2D eigenvalue weighted by Crippen LogP contribution is -2.24. The monoisotopic (exact) mass is 275 g/mol. The lowest BCUT2D eigenvalue weighted by atomic mass is 9.95. The Bertz CT molecular complexity index is 577. The summed E-state index contributed by atoms with van der Waals surface area (Å²) >= 11 is 2.06. The molecule has 0 radical (unpaired) electrons. The van der Waals surface area contributed by atoms with Crippen LogP contribution < -0.4 is 0 Å². The molecular formula is C15H21N3S. The van der Waals surface area contributed by atoms with Crippen LogP contribution in [0.4, 0.5) is 0 Å². The predicted octanol–water partition coefficient (Wildman–Crippen LogP) is 3.80. The highest BCUT2D eigenvalue weighted by molar-refractivity contribution is 7.99. The second-order valence-corrected chi connectivity index (χ2v) is 7.47. The fourth-order valence-corrected chi connectivity index (χ4v) is 3.83. The van der Waals surface area contributed by atoms with Gasteiger partial charge in [0.1, 0.15) is 11.3 Å². The van der Waals surface area contributed by atoms with Gasteiger partial charge >= 0.3 is 0 Å². The minimum atomic E-state index is 0.0608. The Morgan fingerprint density at radius 3 is 2.68 bits per heavy atom. The highest BCUT2D eigenvalue weighted by Gasteiger charge is 2.28. The first-order chi connectivity index (χ1) is 9.07. The van der Waals surface area contributed by atoms with Crippen molar-refractivity contribution < 1.29 is 0 Å². The zero-order valence-electron chi connectivity index (χ0n) is 11.9. The van der Waals surface area contributed by atoms with Gasteiger partial charge in [-0.1, -0.05) is 20.8 Å². The van der Waals surface area contributed by atoms with Gasteiger partial charge in [0.2, 0.25) is 0 Å². The van der Waals surface area contributed by atoms with E-state index < -0.39 is 0 Å². The topological polar surface area (TPSA) is 30.7 Å². The van der Waals surface area contributed by atoms with E-state index in [0.717, 1.165) is 11.2 Å². The summed E-state index contributed by atoms with van der Waals surface area (Å²) in [5.74, 6) is 3.68. The van der Waals surface area contributed by atoms with Crippen LogP contribution in [-0.4, -0.2) is 26.0 Å². The van der Waals surface area contributed by atoms with Crippen LogP contribution in [0.1, 0.15) is 45.5 Å². The number of rotatable bonds is 1. The minimum Gasteiger partial charge on any atom is -0.309 e. The van der Waals surface area contributed by atoms with Gasteiger partial charge in [0.15, 0.2) is 5.65 Å². The van der Waals surface area contributed by atoms with Crippen molar-refractivity contribution in [2.75, 3.05) is 11.5 Å². The summed E-state index contributed by atoms with van der Waals surface area (Å²) in [6, 6.07) is 4.62. The Labute approximate surface area is 118 Å². The molecule has 1 saturated heterocycles. The minimum absolute atomic E-state index is 0.0608. The van der Waals surface area contributed by atoms with Gasteiger partial charge in [0, 0.05) is 17.7 Å². The molecule has 2 aromatic rings. The fourth-order valence-electron chi connectivity index (χ4n) is 2.75. The van der Waals surface area contributed by atoms with Gasteiger partial charge in [-0.25, -0.2) is 9.97 Å². The Morgan fingerprint density at radius 2 is 2.00 bits per heavy atom. The second kappa shape index (κ2) is 4.82. The van der Waals surface area contributed by atoms with E-state index in [0.29, 0.717) is 6.04 Å². The normalized spacial score (nSPS) is 18.1. The van der Waals surface area contributed by atoms with Crippen molar-refractivity contribution in [2.45, 2.75) is 45.1 Å². The number of hydrogen-bond donors (Lipinski definition) is 0. The molecular weight excluding hydrogens is 254 g/mol. The van der Waals surface area contributed by atoms with Crippen molar-refractivity contribution in [1.29, 1.82) is 0 Å². The number of pyridine rings is 1. The van der Waals surface area contributed by atoms with Gasteiger partial charge in [-0.3, -0.25) is 0 Å². The molecule has 0 amide bonds. The largest absolute Gasteiger partial charge is 0.309 e. The number of thioether (sulfide) groups is 1. The SMILES string of the molecule is CC(C)(C)c1nc2cccnc2n1C1CCSCC1. The van der Waals surface area contributed by atoms with Gasteiger partial charge in [0.25, 0.3) is 0 Å². The van der Waals surface area contributed by atoms with E-state index in [1.807, 2.05) is 12.3 Å². The molecule has 2 aromatic heterocycles. The molecule has 102 valence electrons. The van der Waals surface area contributed by atoms with E-state index >= 15 is 0 Å². The zero-order valence-corrected chi connectivity index (χ0v) is 12.7. The molecule has 19 heavy (non-hydrogen) atoms. The van der Waals surface area contributed by atoms with Gasteiger partial charge < -0.3 is 4.57 Å². The molecule has 0 N–H and O–H groups in total. The van der Waals surface area contributed by atoms with Crippen molar-refractivity contribution in [3.8, 4) is 0 Å². The standard InChI is InChI=1S/C15H21N3S/c1-15(2,3)14-17-12-5-4-8-16-13(12)18(14)11-6-9-19-10-7-11/h4-5,8,11H,6-7,9-10H2,1-3H3. The molecule has 3 rings (SSSR count). The fraction of sp³-hybridized carbons (Fsp3) is 0.600. The van der Waals surface area contributed by atoms with Crippen molar-refractivity contribution in [3.63, 3.8) is 0 Å². The lowest BCUT2D eigenvalue weighted by molar-refractivity contribution is 0.418. The second-order valence-electron chi connectivity index (χ2n) is 6.25. The maximum atomic E-state index is 4.85. The molecule has 0 spiro atoms. The molecule has 1 aliphatic heterocycles. The van der Waals surface area contributed by atoms with Gasteiger partial charge in [-0.05, 0) is 36.5 Å². The Hall–Kier alpha value is -1.03. The first-order valence-corrected chi connectivity index (χ1v) is 8.14. The van der Waals surface area contributed by atoms with Crippen LogP contribution >= 0.6 is 11.8 Å². The Morgan fingerprint density at radius 1 is 1.26 bits per heavy atom. The summed E-state index contributed by atoms with van der Waals surface area (Å²) in [7, 11) is 0. The number of nitrogens with zero attached hydrogens (tertiary/aromatic N) is 3. The maximum absolute atomic E-state index is 4.85. The summed E-state index contributed by atoms with van der Waals surface area (Å²) < 4.78 is 2.41.